The molecule has 238 valence electrons. The molecule has 0 aromatic heterocycles. The predicted molar refractivity (Wildman–Crippen MR) is 162 cm³/mol. The Bertz CT molecular complexity index is 1160. The second-order valence-electron chi connectivity index (χ2n) is 12.1. The van der Waals surface area contributed by atoms with Crippen LogP contribution in [0.2, 0.25) is 0 Å². The Morgan fingerprint density at radius 1 is 0.977 bits per heavy atom. The Hall–Kier alpha value is -3.67. The number of para-hydroxylation sites is 1. The highest BCUT2D eigenvalue weighted by Gasteiger charge is 2.33. The summed E-state index contributed by atoms with van der Waals surface area (Å²) in [6, 6.07) is 3.31. The molecule has 0 radical (unpaired) electrons. The molecule has 2 heterocycles. The summed E-state index contributed by atoms with van der Waals surface area (Å²) in [5.41, 5.74) is 0.188. The normalized spacial score (nSPS) is 26.5. The number of carbonyl (C=O) groups excluding carboxylic acids is 5. The van der Waals surface area contributed by atoms with Crippen LogP contribution in [0, 0.1) is 11.8 Å². The second-order valence-corrected chi connectivity index (χ2v) is 12.1. The van der Waals surface area contributed by atoms with Crippen molar-refractivity contribution in [1.82, 2.24) is 31.5 Å². The molecule has 0 spiro atoms. The second kappa shape index (κ2) is 15.7. The smallest absolute Gasteiger partial charge is 0.255 e. The summed E-state index contributed by atoms with van der Waals surface area (Å²) < 4.78 is 5.92. The molecule has 3 rings (SSSR count). The number of rotatable bonds is 6. The van der Waals surface area contributed by atoms with Gasteiger partial charge in [0, 0.05) is 12.6 Å². The highest BCUT2D eigenvalue weighted by atomic mass is 16.5. The van der Waals surface area contributed by atoms with Gasteiger partial charge in [0.05, 0.1) is 18.0 Å². The van der Waals surface area contributed by atoms with Crippen molar-refractivity contribution in [2.45, 2.75) is 91.0 Å². The van der Waals surface area contributed by atoms with Gasteiger partial charge in [-0.2, -0.15) is 0 Å². The number of ether oxygens (including phenoxy) is 1. The first-order chi connectivity index (χ1) is 20.4. The Morgan fingerprint density at radius 2 is 1.63 bits per heavy atom. The van der Waals surface area contributed by atoms with E-state index in [9.17, 15) is 24.0 Å². The van der Waals surface area contributed by atoms with E-state index in [4.69, 9.17) is 4.74 Å². The molecule has 2 aliphatic rings. The van der Waals surface area contributed by atoms with Gasteiger partial charge >= 0.3 is 0 Å². The number of fused-ring (bicyclic) bond motifs is 1. The number of nitrogens with zero attached hydrogens (tertiary/aromatic N) is 1. The van der Waals surface area contributed by atoms with Crippen molar-refractivity contribution in [2.75, 3.05) is 26.2 Å². The van der Waals surface area contributed by atoms with E-state index >= 15 is 0 Å². The number of hydrogen-bond donors (Lipinski definition) is 5. The van der Waals surface area contributed by atoms with E-state index in [1.807, 2.05) is 13.8 Å². The topological polar surface area (TPSA) is 158 Å². The van der Waals surface area contributed by atoms with Crippen molar-refractivity contribution in [3.8, 4) is 5.75 Å². The lowest BCUT2D eigenvalue weighted by molar-refractivity contribution is -0.134. The highest BCUT2D eigenvalue weighted by molar-refractivity contribution is 6.01. The van der Waals surface area contributed by atoms with Gasteiger partial charge in [0.1, 0.15) is 30.5 Å². The van der Waals surface area contributed by atoms with Crippen LogP contribution in [0.25, 0.3) is 0 Å². The third kappa shape index (κ3) is 9.41. The molecule has 1 saturated heterocycles. The van der Waals surface area contributed by atoms with Crippen molar-refractivity contribution in [1.29, 1.82) is 0 Å². The van der Waals surface area contributed by atoms with Gasteiger partial charge in [-0.15, -0.1) is 0 Å². The zero-order valence-electron chi connectivity index (χ0n) is 26.2. The Balaban J connectivity index is 1.91. The quantitative estimate of drug-likeness (QED) is 0.325. The molecule has 0 aliphatic carbocycles. The van der Waals surface area contributed by atoms with Crippen LogP contribution >= 0.6 is 0 Å². The largest absolute Gasteiger partial charge is 0.491 e. The van der Waals surface area contributed by atoms with Crippen molar-refractivity contribution >= 4 is 29.5 Å². The van der Waals surface area contributed by atoms with E-state index < -0.39 is 47.8 Å². The molecule has 5 amide bonds. The number of nitrogens with one attached hydrogen (secondary N) is 5. The fraction of sp³-hybridized carbons (Fsp3) is 0.645. The minimum Gasteiger partial charge on any atom is -0.491 e. The molecule has 1 fully saturated rings. The molecule has 43 heavy (non-hydrogen) atoms. The maximum atomic E-state index is 13.5. The molecule has 1 aromatic rings. The van der Waals surface area contributed by atoms with Crippen LogP contribution in [0.4, 0.5) is 0 Å². The Morgan fingerprint density at radius 3 is 2.30 bits per heavy atom. The molecule has 0 bridgehead atoms. The molecular formula is C31H48N6O6. The maximum absolute atomic E-state index is 13.5. The standard InChI is InChI=1S/C31H48N6O6/c1-7-37-14-10-11-21(37)16-32-29(40)23-15-25(38)35-26(18(2)3)31(42)36-27(19(4)5)30(41)33-20(6)17-43-24-13-9-8-12-22(24)28(39)34-23/h8-9,12-13,18-21,23,26-27H,7,10-11,14-17H2,1-6H3,(H,32,40)(H,33,41)(H,34,39)(H,35,38)(H,36,42)/t20-,21-,23-,26-,27+/m0/s1. The average molecular weight is 601 g/mol. The molecule has 0 unspecified atom stereocenters. The Kier molecular flexibility index (Phi) is 12.4. The lowest BCUT2D eigenvalue weighted by Gasteiger charge is -2.28. The van der Waals surface area contributed by atoms with E-state index in [-0.39, 0.29) is 48.1 Å². The predicted octanol–water partition coefficient (Wildman–Crippen LogP) is 0.954. The molecular weight excluding hydrogens is 552 g/mol. The van der Waals surface area contributed by atoms with Gasteiger partial charge in [-0.25, -0.2) is 0 Å². The zero-order valence-corrected chi connectivity index (χ0v) is 26.2. The maximum Gasteiger partial charge on any atom is 0.255 e. The summed E-state index contributed by atoms with van der Waals surface area (Å²) in [5.74, 6) is -2.83. The molecule has 0 saturated carbocycles. The van der Waals surface area contributed by atoms with Crippen LogP contribution in [0.15, 0.2) is 24.3 Å². The lowest BCUT2D eigenvalue weighted by Crippen LogP contribution is -2.58. The first-order valence-electron chi connectivity index (χ1n) is 15.4. The number of likely N-dealkylation sites (N-methyl/N-ethyl adjacent to an activating group) is 1. The van der Waals surface area contributed by atoms with Crippen molar-refractivity contribution < 1.29 is 28.7 Å². The van der Waals surface area contributed by atoms with Gasteiger partial charge in [0.15, 0.2) is 0 Å². The fourth-order valence-electron chi connectivity index (χ4n) is 5.43. The number of likely N-dealkylation sites (tertiary alicyclic amines) is 1. The van der Waals surface area contributed by atoms with Gasteiger partial charge in [0.25, 0.3) is 5.91 Å². The number of benzene rings is 1. The fourth-order valence-corrected chi connectivity index (χ4v) is 5.43. The third-order valence-electron chi connectivity index (χ3n) is 7.95. The van der Waals surface area contributed by atoms with Gasteiger partial charge in [-0.1, -0.05) is 46.8 Å². The molecule has 5 N–H and O–H groups in total. The molecule has 1 aromatic carbocycles. The number of hydrogen-bond acceptors (Lipinski definition) is 7. The minimum absolute atomic E-state index is 0.0582. The average Bonchev–Trinajstić information content (AvgIpc) is 3.42. The summed E-state index contributed by atoms with van der Waals surface area (Å²) in [7, 11) is 0. The monoisotopic (exact) mass is 600 g/mol. The summed E-state index contributed by atoms with van der Waals surface area (Å²) in [6.07, 6.45) is 1.61. The van der Waals surface area contributed by atoms with E-state index in [1.165, 1.54) is 0 Å². The first kappa shape index (κ1) is 33.8. The van der Waals surface area contributed by atoms with Gasteiger partial charge in [0.2, 0.25) is 23.6 Å². The molecule has 5 atom stereocenters. The summed E-state index contributed by atoms with van der Waals surface area (Å²) in [6.45, 7) is 13.3. The van der Waals surface area contributed by atoms with E-state index in [0.717, 1.165) is 25.9 Å². The first-order valence-corrected chi connectivity index (χ1v) is 15.4. The molecule has 12 nitrogen and oxygen atoms in total. The van der Waals surface area contributed by atoms with E-state index in [2.05, 4.69) is 38.4 Å². The highest BCUT2D eigenvalue weighted by Crippen LogP contribution is 2.19. The zero-order chi connectivity index (χ0) is 31.7. The summed E-state index contributed by atoms with van der Waals surface area (Å²) >= 11 is 0. The summed E-state index contributed by atoms with van der Waals surface area (Å²) in [5, 5.41) is 14.0. The van der Waals surface area contributed by atoms with E-state index in [0.29, 0.717) is 6.54 Å². The van der Waals surface area contributed by atoms with Crippen molar-refractivity contribution in [2.24, 2.45) is 11.8 Å². The third-order valence-corrected chi connectivity index (χ3v) is 7.95. The van der Waals surface area contributed by atoms with Crippen LogP contribution in [-0.2, 0) is 19.2 Å². The Labute approximate surface area is 254 Å². The molecule has 12 heteroatoms. The number of amides is 5. The molecule has 2 aliphatic heterocycles. The van der Waals surface area contributed by atoms with Gasteiger partial charge in [-0.05, 0) is 56.8 Å². The van der Waals surface area contributed by atoms with Crippen LogP contribution in [-0.4, -0.2) is 90.9 Å². The van der Waals surface area contributed by atoms with Gasteiger partial charge < -0.3 is 31.3 Å². The SMILES string of the molecule is CCN1CCC[C@H]1CNC(=O)[C@@H]1CC(=O)N[C@@H](C(C)C)C(=O)N[C@H](C(C)C)C(=O)N[C@@H](C)COc2ccccc2C(=O)N1. The minimum atomic E-state index is -1.20. The van der Waals surface area contributed by atoms with Crippen LogP contribution in [0.3, 0.4) is 0 Å². The van der Waals surface area contributed by atoms with Crippen LogP contribution in [0.5, 0.6) is 5.75 Å². The van der Waals surface area contributed by atoms with Crippen LogP contribution < -0.4 is 31.3 Å². The van der Waals surface area contributed by atoms with E-state index in [1.54, 1.807) is 45.0 Å². The van der Waals surface area contributed by atoms with Crippen molar-refractivity contribution in [3.63, 3.8) is 0 Å². The van der Waals surface area contributed by atoms with Gasteiger partial charge in [-0.3, -0.25) is 28.9 Å². The lowest BCUT2D eigenvalue weighted by atomic mass is 9.99. The summed E-state index contributed by atoms with van der Waals surface area (Å²) in [4.78, 5) is 69.0. The number of carbonyl (C=O) groups is 5. The van der Waals surface area contributed by atoms with Crippen molar-refractivity contribution in [3.05, 3.63) is 29.8 Å². The van der Waals surface area contributed by atoms with Crippen LogP contribution in [0.1, 0.15) is 71.2 Å².